The van der Waals surface area contributed by atoms with Crippen molar-refractivity contribution >= 4 is 21.4 Å². The quantitative estimate of drug-likeness (QED) is 0.847. The standard InChI is InChI=1S/C14H16N2O2S/c1-10-3-4-11(2)14(9-10)19(17,18)16-13-7-5-12(15)6-8-13/h3-9,16H,15H2,1-2H3. The van der Waals surface area contributed by atoms with Gasteiger partial charge < -0.3 is 5.73 Å². The third-order valence-corrected chi connectivity index (χ3v) is 4.32. The average molecular weight is 276 g/mol. The van der Waals surface area contributed by atoms with Gasteiger partial charge in [-0.05, 0) is 55.3 Å². The zero-order chi connectivity index (χ0) is 14.0. The fourth-order valence-electron chi connectivity index (χ4n) is 1.76. The Balaban J connectivity index is 2.37. The Kier molecular flexibility index (Phi) is 3.48. The number of benzene rings is 2. The number of hydrogen-bond donors (Lipinski definition) is 2. The van der Waals surface area contributed by atoms with Crippen LogP contribution in [0.4, 0.5) is 11.4 Å². The van der Waals surface area contributed by atoms with Gasteiger partial charge in [0.15, 0.2) is 0 Å². The lowest BCUT2D eigenvalue weighted by Crippen LogP contribution is -2.14. The molecule has 0 saturated carbocycles. The summed E-state index contributed by atoms with van der Waals surface area (Å²) < 4.78 is 27.2. The molecule has 0 aliphatic heterocycles. The van der Waals surface area contributed by atoms with Gasteiger partial charge in [-0.3, -0.25) is 4.72 Å². The zero-order valence-electron chi connectivity index (χ0n) is 10.8. The van der Waals surface area contributed by atoms with Crippen molar-refractivity contribution in [3.8, 4) is 0 Å². The maximum Gasteiger partial charge on any atom is 0.262 e. The van der Waals surface area contributed by atoms with E-state index in [1.165, 1.54) is 0 Å². The molecule has 0 amide bonds. The van der Waals surface area contributed by atoms with E-state index in [2.05, 4.69) is 4.72 Å². The molecule has 0 aromatic heterocycles. The summed E-state index contributed by atoms with van der Waals surface area (Å²) in [5.41, 5.74) is 8.28. The largest absolute Gasteiger partial charge is 0.399 e. The van der Waals surface area contributed by atoms with Gasteiger partial charge in [0.1, 0.15) is 0 Å². The molecule has 2 aromatic carbocycles. The third kappa shape index (κ3) is 3.06. The lowest BCUT2D eigenvalue weighted by molar-refractivity contribution is 0.600. The van der Waals surface area contributed by atoms with Gasteiger partial charge in [0, 0.05) is 11.4 Å². The van der Waals surface area contributed by atoms with Crippen LogP contribution in [-0.4, -0.2) is 8.42 Å². The summed E-state index contributed by atoms with van der Waals surface area (Å²) in [6.45, 7) is 3.64. The maximum absolute atomic E-state index is 12.3. The number of rotatable bonds is 3. The number of nitrogens with two attached hydrogens (primary N) is 1. The fraction of sp³-hybridized carbons (Fsp3) is 0.143. The highest BCUT2D eigenvalue weighted by atomic mass is 32.2. The lowest BCUT2D eigenvalue weighted by Gasteiger charge is -2.11. The molecule has 100 valence electrons. The van der Waals surface area contributed by atoms with Gasteiger partial charge in [-0.1, -0.05) is 12.1 Å². The van der Waals surface area contributed by atoms with Crippen LogP contribution in [0.25, 0.3) is 0 Å². The van der Waals surface area contributed by atoms with Crippen LogP contribution in [-0.2, 0) is 10.0 Å². The minimum atomic E-state index is -3.57. The molecule has 0 radical (unpaired) electrons. The van der Waals surface area contributed by atoms with Gasteiger partial charge in [-0.2, -0.15) is 0 Å². The first-order chi connectivity index (χ1) is 8.88. The van der Waals surface area contributed by atoms with E-state index < -0.39 is 10.0 Å². The van der Waals surface area contributed by atoms with E-state index >= 15 is 0 Å². The van der Waals surface area contributed by atoms with Crippen molar-refractivity contribution in [1.29, 1.82) is 0 Å². The number of sulfonamides is 1. The van der Waals surface area contributed by atoms with Gasteiger partial charge in [-0.25, -0.2) is 8.42 Å². The van der Waals surface area contributed by atoms with Crippen LogP contribution < -0.4 is 10.5 Å². The summed E-state index contributed by atoms with van der Waals surface area (Å²) in [4.78, 5) is 0.296. The predicted molar refractivity (Wildman–Crippen MR) is 77.6 cm³/mol. The Morgan fingerprint density at radius 1 is 1.00 bits per heavy atom. The Morgan fingerprint density at radius 3 is 2.26 bits per heavy atom. The molecule has 0 aliphatic rings. The van der Waals surface area contributed by atoms with E-state index in [1.807, 2.05) is 13.0 Å². The van der Waals surface area contributed by atoms with E-state index in [4.69, 9.17) is 5.73 Å². The molecule has 0 aliphatic carbocycles. The number of anilines is 2. The van der Waals surface area contributed by atoms with Gasteiger partial charge in [0.2, 0.25) is 0 Å². The summed E-state index contributed by atoms with van der Waals surface area (Å²) in [6, 6.07) is 11.9. The summed E-state index contributed by atoms with van der Waals surface area (Å²) in [5.74, 6) is 0. The van der Waals surface area contributed by atoms with Crippen LogP contribution in [0.5, 0.6) is 0 Å². The van der Waals surface area contributed by atoms with E-state index in [0.29, 0.717) is 21.8 Å². The minimum absolute atomic E-state index is 0.296. The molecule has 19 heavy (non-hydrogen) atoms. The average Bonchev–Trinajstić information content (AvgIpc) is 2.35. The summed E-state index contributed by atoms with van der Waals surface area (Å²) in [6.07, 6.45) is 0. The van der Waals surface area contributed by atoms with E-state index in [0.717, 1.165) is 5.56 Å². The van der Waals surface area contributed by atoms with Gasteiger partial charge in [-0.15, -0.1) is 0 Å². The molecule has 0 fully saturated rings. The summed E-state index contributed by atoms with van der Waals surface area (Å²) >= 11 is 0. The minimum Gasteiger partial charge on any atom is -0.399 e. The molecule has 0 saturated heterocycles. The molecule has 2 rings (SSSR count). The molecule has 0 atom stereocenters. The Hall–Kier alpha value is -2.01. The first-order valence-corrected chi connectivity index (χ1v) is 7.32. The van der Waals surface area contributed by atoms with Gasteiger partial charge >= 0.3 is 0 Å². The molecular formula is C14H16N2O2S. The second kappa shape index (κ2) is 4.93. The Labute approximate surface area is 113 Å². The Morgan fingerprint density at radius 2 is 1.63 bits per heavy atom. The smallest absolute Gasteiger partial charge is 0.262 e. The number of aryl methyl sites for hydroxylation is 2. The monoisotopic (exact) mass is 276 g/mol. The molecule has 0 spiro atoms. The molecule has 3 N–H and O–H groups in total. The van der Waals surface area contributed by atoms with E-state index in [9.17, 15) is 8.42 Å². The fourth-order valence-corrected chi connectivity index (χ4v) is 3.15. The van der Waals surface area contributed by atoms with Crippen molar-refractivity contribution in [1.82, 2.24) is 0 Å². The summed E-state index contributed by atoms with van der Waals surface area (Å²) in [7, 11) is -3.57. The van der Waals surface area contributed by atoms with Crippen molar-refractivity contribution in [2.24, 2.45) is 0 Å². The molecule has 0 heterocycles. The highest BCUT2D eigenvalue weighted by Crippen LogP contribution is 2.21. The first kappa shape index (κ1) is 13.4. The molecular weight excluding hydrogens is 260 g/mol. The molecule has 0 bridgehead atoms. The van der Waals surface area contributed by atoms with Crippen LogP contribution in [0.1, 0.15) is 11.1 Å². The predicted octanol–water partition coefficient (Wildman–Crippen LogP) is 2.69. The van der Waals surface area contributed by atoms with Gasteiger partial charge in [0.25, 0.3) is 10.0 Å². The lowest BCUT2D eigenvalue weighted by atomic mass is 10.2. The normalized spacial score (nSPS) is 11.3. The zero-order valence-corrected chi connectivity index (χ0v) is 11.7. The SMILES string of the molecule is Cc1ccc(C)c(S(=O)(=O)Nc2ccc(N)cc2)c1. The van der Waals surface area contributed by atoms with Crippen molar-refractivity contribution in [2.45, 2.75) is 18.7 Å². The van der Waals surface area contributed by atoms with Crippen molar-refractivity contribution in [3.63, 3.8) is 0 Å². The van der Waals surface area contributed by atoms with Crippen molar-refractivity contribution < 1.29 is 8.42 Å². The Bertz CT molecular complexity index is 692. The van der Waals surface area contributed by atoms with Crippen LogP contribution in [0, 0.1) is 13.8 Å². The van der Waals surface area contributed by atoms with E-state index in [1.54, 1.807) is 43.3 Å². The summed E-state index contributed by atoms with van der Waals surface area (Å²) in [5, 5.41) is 0. The highest BCUT2D eigenvalue weighted by molar-refractivity contribution is 7.92. The van der Waals surface area contributed by atoms with Crippen LogP contribution in [0.3, 0.4) is 0 Å². The first-order valence-electron chi connectivity index (χ1n) is 5.84. The number of nitrogens with one attached hydrogen (secondary N) is 1. The topological polar surface area (TPSA) is 72.2 Å². The number of nitrogen functional groups attached to an aromatic ring is 1. The van der Waals surface area contributed by atoms with E-state index in [-0.39, 0.29) is 0 Å². The van der Waals surface area contributed by atoms with Crippen LogP contribution in [0.2, 0.25) is 0 Å². The van der Waals surface area contributed by atoms with Gasteiger partial charge in [0.05, 0.1) is 4.90 Å². The van der Waals surface area contributed by atoms with Crippen molar-refractivity contribution in [2.75, 3.05) is 10.5 Å². The highest BCUT2D eigenvalue weighted by Gasteiger charge is 2.16. The molecule has 2 aromatic rings. The molecule has 4 nitrogen and oxygen atoms in total. The number of hydrogen-bond acceptors (Lipinski definition) is 3. The molecule has 0 unspecified atom stereocenters. The maximum atomic E-state index is 12.3. The van der Waals surface area contributed by atoms with Crippen LogP contribution in [0.15, 0.2) is 47.4 Å². The van der Waals surface area contributed by atoms with Crippen LogP contribution >= 0.6 is 0 Å². The second-order valence-electron chi connectivity index (χ2n) is 4.50. The van der Waals surface area contributed by atoms with Crippen molar-refractivity contribution in [3.05, 3.63) is 53.6 Å². The second-order valence-corrected chi connectivity index (χ2v) is 6.15. The molecule has 5 heteroatoms. The third-order valence-electron chi connectivity index (χ3n) is 2.80.